The molecule has 0 unspecified atom stereocenters. The van der Waals surface area contributed by atoms with E-state index in [2.05, 4.69) is 15.3 Å². The minimum atomic E-state index is -0.123. The second-order valence-electron chi connectivity index (χ2n) is 4.73. The van der Waals surface area contributed by atoms with Gasteiger partial charge in [0.1, 0.15) is 5.82 Å². The molecule has 1 saturated carbocycles. The molecule has 0 amide bonds. The van der Waals surface area contributed by atoms with Gasteiger partial charge in [0.2, 0.25) is 5.28 Å². The summed E-state index contributed by atoms with van der Waals surface area (Å²) in [7, 11) is 0. The van der Waals surface area contributed by atoms with Crippen LogP contribution in [-0.4, -0.2) is 27.7 Å². The van der Waals surface area contributed by atoms with Crippen molar-refractivity contribution in [2.45, 2.75) is 18.9 Å². The van der Waals surface area contributed by atoms with Crippen molar-refractivity contribution >= 4 is 28.3 Å². The fourth-order valence-electron chi connectivity index (χ4n) is 2.29. The summed E-state index contributed by atoms with van der Waals surface area (Å²) in [6.07, 6.45) is 1.61. The van der Waals surface area contributed by atoms with Crippen molar-refractivity contribution in [2.24, 2.45) is 5.92 Å². The topological polar surface area (TPSA) is 58.0 Å². The van der Waals surface area contributed by atoms with Crippen molar-refractivity contribution in [1.29, 1.82) is 0 Å². The average Bonchev–Trinajstić information content (AvgIpc) is 2.32. The van der Waals surface area contributed by atoms with Crippen LogP contribution in [0.4, 0.5) is 5.82 Å². The Kier molecular flexibility index (Phi) is 3.06. The average molecular weight is 264 g/mol. The summed E-state index contributed by atoms with van der Waals surface area (Å²) < 4.78 is 0. The van der Waals surface area contributed by atoms with Crippen molar-refractivity contribution in [3.05, 3.63) is 29.5 Å². The number of nitrogens with zero attached hydrogens (tertiary/aromatic N) is 2. The van der Waals surface area contributed by atoms with Crippen LogP contribution in [0.5, 0.6) is 0 Å². The number of aromatic nitrogens is 2. The van der Waals surface area contributed by atoms with Crippen LogP contribution in [0, 0.1) is 5.92 Å². The van der Waals surface area contributed by atoms with Crippen molar-refractivity contribution in [2.75, 3.05) is 11.9 Å². The molecule has 1 heterocycles. The molecule has 1 fully saturated rings. The molecule has 0 aliphatic heterocycles. The van der Waals surface area contributed by atoms with Crippen LogP contribution >= 0.6 is 11.6 Å². The predicted molar refractivity (Wildman–Crippen MR) is 71.8 cm³/mol. The number of para-hydroxylation sites is 1. The summed E-state index contributed by atoms with van der Waals surface area (Å²) in [5.74, 6) is 1.29. The maximum atomic E-state index is 9.26. The van der Waals surface area contributed by atoms with Crippen LogP contribution < -0.4 is 5.32 Å². The molecular formula is C13H14ClN3O. The van der Waals surface area contributed by atoms with Crippen LogP contribution in [0.25, 0.3) is 10.9 Å². The van der Waals surface area contributed by atoms with E-state index in [4.69, 9.17) is 11.6 Å². The van der Waals surface area contributed by atoms with Gasteiger partial charge in [-0.2, -0.15) is 0 Å². The van der Waals surface area contributed by atoms with Crippen LogP contribution in [0.3, 0.4) is 0 Å². The molecule has 3 rings (SSSR count). The van der Waals surface area contributed by atoms with Gasteiger partial charge in [-0.3, -0.25) is 0 Å². The highest BCUT2D eigenvalue weighted by Crippen LogP contribution is 2.28. The molecule has 0 saturated heterocycles. The third-order valence-corrected chi connectivity index (χ3v) is 3.51. The van der Waals surface area contributed by atoms with Gasteiger partial charge in [0.25, 0.3) is 0 Å². The van der Waals surface area contributed by atoms with Gasteiger partial charge in [0.15, 0.2) is 0 Å². The molecule has 0 radical (unpaired) electrons. The molecule has 1 aliphatic carbocycles. The number of hydrogen-bond acceptors (Lipinski definition) is 4. The van der Waals surface area contributed by atoms with Gasteiger partial charge in [0.05, 0.1) is 11.6 Å². The number of halogens is 1. The zero-order valence-electron chi connectivity index (χ0n) is 9.81. The Hall–Kier alpha value is -1.39. The Balaban J connectivity index is 1.82. The molecule has 1 aromatic carbocycles. The molecule has 5 heteroatoms. The summed E-state index contributed by atoms with van der Waals surface area (Å²) in [4.78, 5) is 8.42. The fourth-order valence-corrected chi connectivity index (χ4v) is 2.47. The van der Waals surface area contributed by atoms with Gasteiger partial charge in [-0.1, -0.05) is 12.1 Å². The quantitative estimate of drug-likeness (QED) is 0.836. The first kappa shape index (κ1) is 11.7. The molecule has 1 aliphatic rings. The number of aliphatic hydroxyl groups excluding tert-OH is 1. The van der Waals surface area contributed by atoms with E-state index < -0.39 is 0 Å². The summed E-state index contributed by atoms with van der Waals surface area (Å²) in [5.41, 5.74) is 0.841. The Morgan fingerprint density at radius 3 is 2.83 bits per heavy atom. The molecule has 2 N–H and O–H groups in total. The Morgan fingerprint density at radius 2 is 2.06 bits per heavy atom. The van der Waals surface area contributed by atoms with E-state index in [0.29, 0.717) is 5.92 Å². The third-order valence-electron chi connectivity index (χ3n) is 3.34. The molecule has 4 nitrogen and oxygen atoms in total. The zero-order valence-corrected chi connectivity index (χ0v) is 10.6. The van der Waals surface area contributed by atoms with Gasteiger partial charge in [-0.15, -0.1) is 0 Å². The van der Waals surface area contributed by atoms with E-state index in [0.717, 1.165) is 36.1 Å². The standard InChI is InChI=1S/C13H14ClN3O/c14-13-16-11-4-2-1-3-10(11)12(17-13)15-7-8-5-9(18)6-8/h1-4,8-9,18H,5-7H2,(H,15,16,17). The van der Waals surface area contributed by atoms with E-state index in [1.807, 2.05) is 24.3 Å². The second-order valence-corrected chi connectivity index (χ2v) is 5.07. The highest BCUT2D eigenvalue weighted by molar-refractivity contribution is 6.28. The fraction of sp³-hybridized carbons (Fsp3) is 0.385. The number of aliphatic hydroxyl groups is 1. The lowest BCUT2D eigenvalue weighted by molar-refractivity contribution is 0.0486. The van der Waals surface area contributed by atoms with Crippen LogP contribution in [-0.2, 0) is 0 Å². The highest BCUT2D eigenvalue weighted by Gasteiger charge is 2.26. The first-order chi connectivity index (χ1) is 8.72. The van der Waals surface area contributed by atoms with Gasteiger partial charge in [-0.05, 0) is 42.5 Å². The monoisotopic (exact) mass is 263 g/mol. The Labute approximate surface area is 110 Å². The summed E-state index contributed by atoms with van der Waals surface area (Å²) in [5, 5.41) is 13.8. The zero-order chi connectivity index (χ0) is 12.5. The molecule has 94 valence electrons. The van der Waals surface area contributed by atoms with Crippen molar-refractivity contribution in [3.63, 3.8) is 0 Å². The molecule has 2 aromatic rings. The highest BCUT2D eigenvalue weighted by atomic mass is 35.5. The van der Waals surface area contributed by atoms with Crippen LogP contribution in [0.2, 0.25) is 5.28 Å². The molecule has 18 heavy (non-hydrogen) atoms. The first-order valence-electron chi connectivity index (χ1n) is 6.06. The number of rotatable bonds is 3. The molecule has 0 bridgehead atoms. The van der Waals surface area contributed by atoms with Gasteiger partial charge in [-0.25, -0.2) is 9.97 Å². The molecule has 1 aromatic heterocycles. The summed E-state index contributed by atoms with van der Waals surface area (Å²) in [6.45, 7) is 0.814. The normalized spacial score (nSPS) is 22.8. The third kappa shape index (κ3) is 2.26. The Bertz CT molecular complexity index is 569. The number of hydrogen-bond donors (Lipinski definition) is 2. The van der Waals surface area contributed by atoms with E-state index in [9.17, 15) is 5.11 Å². The molecule has 0 spiro atoms. The van der Waals surface area contributed by atoms with Crippen molar-refractivity contribution in [3.8, 4) is 0 Å². The van der Waals surface area contributed by atoms with E-state index in [1.54, 1.807) is 0 Å². The smallest absolute Gasteiger partial charge is 0.224 e. The number of nitrogens with one attached hydrogen (secondary N) is 1. The van der Waals surface area contributed by atoms with Crippen molar-refractivity contribution < 1.29 is 5.11 Å². The van der Waals surface area contributed by atoms with Gasteiger partial charge >= 0.3 is 0 Å². The van der Waals surface area contributed by atoms with E-state index in [1.165, 1.54) is 0 Å². The lowest BCUT2D eigenvalue weighted by atomic mass is 9.82. The predicted octanol–water partition coefficient (Wildman–Crippen LogP) is 2.47. The minimum Gasteiger partial charge on any atom is -0.393 e. The lowest BCUT2D eigenvalue weighted by Gasteiger charge is -2.31. The van der Waals surface area contributed by atoms with E-state index >= 15 is 0 Å². The van der Waals surface area contributed by atoms with Gasteiger partial charge < -0.3 is 10.4 Å². The molecule has 0 atom stereocenters. The van der Waals surface area contributed by atoms with Gasteiger partial charge in [0, 0.05) is 11.9 Å². The van der Waals surface area contributed by atoms with E-state index in [-0.39, 0.29) is 11.4 Å². The van der Waals surface area contributed by atoms with Crippen LogP contribution in [0.1, 0.15) is 12.8 Å². The maximum absolute atomic E-state index is 9.26. The Morgan fingerprint density at radius 1 is 1.28 bits per heavy atom. The largest absolute Gasteiger partial charge is 0.393 e. The maximum Gasteiger partial charge on any atom is 0.224 e. The minimum absolute atomic E-state index is 0.123. The molecular weight excluding hydrogens is 250 g/mol. The number of anilines is 1. The van der Waals surface area contributed by atoms with Crippen molar-refractivity contribution in [1.82, 2.24) is 9.97 Å². The number of benzene rings is 1. The first-order valence-corrected chi connectivity index (χ1v) is 6.44. The number of fused-ring (bicyclic) bond motifs is 1. The second kappa shape index (κ2) is 4.71. The summed E-state index contributed by atoms with van der Waals surface area (Å²) >= 11 is 5.91. The SMILES string of the molecule is OC1CC(CNc2nc(Cl)nc3ccccc23)C1. The van der Waals surface area contributed by atoms with Crippen LogP contribution in [0.15, 0.2) is 24.3 Å². The lowest BCUT2D eigenvalue weighted by Crippen LogP contribution is -2.33. The summed E-state index contributed by atoms with van der Waals surface area (Å²) in [6, 6.07) is 7.78.